The number of aliphatic hydroxyl groups is 3. The Balaban J connectivity index is 2.67. The molecule has 0 aromatic heterocycles. The van der Waals surface area contributed by atoms with Crippen molar-refractivity contribution in [2.75, 3.05) is 13.7 Å². The maximum atomic E-state index is 9.63. The molecule has 1 fully saturated rings. The maximum Gasteiger partial charge on any atom is 0.186 e. The topological polar surface area (TPSA) is 118 Å². The van der Waals surface area contributed by atoms with Gasteiger partial charge in [0, 0.05) is 7.11 Å². The second kappa shape index (κ2) is 5.55. The largest absolute Gasteiger partial charge is 0.388 e. The lowest BCUT2D eigenvalue weighted by Crippen LogP contribution is -2.58. The molecule has 94 valence electrons. The third kappa shape index (κ3) is 2.89. The van der Waals surface area contributed by atoms with Crippen LogP contribution in [0.5, 0.6) is 0 Å². The van der Waals surface area contributed by atoms with Gasteiger partial charge in [0.05, 0.1) is 12.4 Å². The second-order valence-corrected chi connectivity index (χ2v) is 3.73. The van der Waals surface area contributed by atoms with Gasteiger partial charge in [-0.2, -0.15) is 0 Å². The van der Waals surface area contributed by atoms with E-state index in [0.717, 1.165) is 0 Å². The summed E-state index contributed by atoms with van der Waals surface area (Å²) in [5.74, 6) is 0.352. The highest BCUT2D eigenvalue weighted by atomic mass is 16.7. The first-order valence-electron chi connectivity index (χ1n) is 4.96. The maximum absolute atomic E-state index is 9.63. The summed E-state index contributed by atoms with van der Waals surface area (Å²) in [7, 11) is 1.34. The molecule has 7 nitrogen and oxygen atoms in total. The molecule has 1 saturated heterocycles. The molecule has 7 heteroatoms. The molecule has 1 aliphatic heterocycles. The molecule has 1 aliphatic rings. The van der Waals surface area contributed by atoms with Crippen molar-refractivity contribution in [3.05, 3.63) is 0 Å². The molecule has 0 bridgehead atoms. The van der Waals surface area contributed by atoms with Gasteiger partial charge in [-0.05, 0) is 6.92 Å². The third-order valence-corrected chi connectivity index (χ3v) is 2.42. The van der Waals surface area contributed by atoms with Gasteiger partial charge in [-0.15, -0.1) is 0 Å². The third-order valence-electron chi connectivity index (χ3n) is 2.42. The molecule has 0 aromatic rings. The van der Waals surface area contributed by atoms with Crippen molar-refractivity contribution in [2.45, 2.75) is 37.6 Å². The molecule has 0 aromatic carbocycles. The van der Waals surface area contributed by atoms with Crippen LogP contribution in [0.25, 0.3) is 0 Å². The van der Waals surface area contributed by atoms with Crippen LogP contribution in [0.4, 0.5) is 0 Å². The molecule has 16 heavy (non-hydrogen) atoms. The van der Waals surface area contributed by atoms with Crippen molar-refractivity contribution in [3.8, 4) is 0 Å². The van der Waals surface area contributed by atoms with E-state index in [-0.39, 0.29) is 6.54 Å². The lowest BCUT2D eigenvalue weighted by atomic mass is 9.99. The summed E-state index contributed by atoms with van der Waals surface area (Å²) in [6.45, 7) is 1.71. The summed E-state index contributed by atoms with van der Waals surface area (Å²) in [5.41, 5.74) is 5.35. The Kier molecular flexibility index (Phi) is 4.63. The van der Waals surface area contributed by atoms with Gasteiger partial charge in [0.2, 0.25) is 0 Å². The molecule has 0 saturated carbocycles. The molecule has 0 spiro atoms. The predicted molar refractivity (Wildman–Crippen MR) is 55.9 cm³/mol. The number of methoxy groups -OCH3 is 1. The minimum absolute atomic E-state index is 0.104. The number of aliphatic hydroxyl groups excluding tert-OH is 3. The molecule has 1 heterocycles. The van der Waals surface area contributed by atoms with Crippen LogP contribution >= 0.6 is 0 Å². The zero-order chi connectivity index (χ0) is 12.3. The molecule has 0 aliphatic carbocycles. The molecule has 0 radical (unpaired) electrons. The van der Waals surface area contributed by atoms with E-state index >= 15 is 0 Å². The Labute approximate surface area is 93.5 Å². The summed E-state index contributed by atoms with van der Waals surface area (Å²) >= 11 is 0. The quantitative estimate of drug-likeness (QED) is 0.326. The van der Waals surface area contributed by atoms with Crippen LogP contribution in [-0.4, -0.2) is 65.5 Å². The van der Waals surface area contributed by atoms with Gasteiger partial charge in [0.1, 0.15) is 24.4 Å². The highest BCUT2D eigenvalue weighted by Gasteiger charge is 2.43. The number of nitrogens with zero attached hydrogens (tertiary/aromatic N) is 1. The normalized spacial score (nSPS) is 41.1. The van der Waals surface area contributed by atoms with E-state index in [4.69, 9.17) is 15.2 Å². The van der Waals surface area contributed by atoms with Crippen molar-refractivity contribution >= 4 is 5.84 Å². The SMILES string of the molecule is CO[C@@H]1OC(CN=C(C)N)C(O)[C@H](O)[C@@H]1O. The number of rotatable bonds is 3. The number of amidine groups is 1. The van der Waals surface area contributed by atoms with Crippen molar-refractivity contribution < 1.29 is 24.8 Å². The number of nitrogens with two attached hydrogens (primary N) is 1. The number of hydrogen-bond donors (Lipinski definition) is 4. The van der Waals surface area contributed by atoms with Crippen LogP contribution < -0.4 is 5.73 Å². The summed E-state index contributed by atoms with van der Waals surface area (Å²) in [4.78, 5) is 3.89. The molecule has 1 rings (SSSR count). The fourth-order valence-electron chi connectivity index (χ4n) is 1.50. The zero-order valence-electron chi connectivity index (χ0n) is 9.28. The van der Waals surface area contributed by atoms with Crippen molar-refractivity contribution in [1.82, 2.24) is 0 Å². The molecule has 2 unspecified atom stereocenters. The number of hydrogen-bond acceptors (Lipinski definition) is 6. The van der Waals surface area contributed by atoms with Crippen LogP contribution in [0.2, 0.25) is 0 Å². The molecule has 5 N–H and O–H groups in total. The van der Waals surface area contributed by atoms with E-state index in [0.29, 0.717) is 5.84 Å². The minimum atomic E-state index is -1.32. The van der Waals surface area contributed by atoms with Gasteiger partial charge in [-0.3, -0.25) is 4.99 Å². The first-order chi connectivity index (χ1) is 7.47. The van der Waals surface area contributed by atoms with Crippen LogP contribution in [0.15, 0.2) is 4.99 Å². The van der Waals surface area contributed by atoms with E-state index in [1.165, 1.54) is 7.11 Å². The monoisotopic (exact) mass is 234 g/mol. The van der Waals surface area contributed by atoms with Gasteiger partial charge in [-0.1, -0.05) is 0 Å². The Morgan fingerprint density at radius 3 is 2.44 bits per heavy atom. The minimum Gasteiger partial charge on any atom is -0.388 e. The molecule has 0 amide bonds. The molecule has 5 atom stereocenters. The van der Waals surface area contributed by atoms with Crippen molar-refractivity contribution in [3.63, 3.8) is 0 Å². The summed E-state index contributed by atoms with van der Waals surface area (Å²) < 4.78 is 10.1. The van der Waals surface area contributed by atoms with E-state index < -0.39 is 30.7 Å². The predicted octanol–water partition coefficient (Wildman–Crippen LogP) is -2.18. The van der Waals surface area contributed by atoms with Crippen LogP contribution in [0.1, 0.15) is 6.92 Å². The highest BCUT2D eigenvalue weighted by Crippen LogP contribution is 2.21. The lowest BCUT2D eigenvalue weighted by molar-refractivity contribution is -0.287. The Morgan fingerprint density at radius 1 is 1.31 bits per heavy atom. The Morgan fingerprint density at radius 2 is 1.94 bits per heavy atom. The average molecular weight is 234 g/mol. The van der Waals surface area contributed by atoms with Crippen LogP contribution in [0, 0.1) is 0 Å². The van der Waals surface area contributed by atoms with E-state index in [2.05, 4.69) is 4.99 Å². The first kappa shape index (κ1) is 13.3. The zero-order valence-corrected chi connectivity index (χ0v) is 9.28. The molecular weight excluding hydrogens is 216 g/mol. The van der Waals surface area contributed by atoms with Gasteiger partial charge >= 0.3 is 0 Å². The van der Waals surface area contributed by atoms with Crippen LogP contribution in [0.3, 0.4) is 0 Å². The fourth-order valence-corrected chi connectivity index (χ4v) is 1.50. The number of aliphatic imine (C=N–C) groups is 1. The second-order valence-electron chi connectivity index (χ2n) is 3.73. The highest BCUT2D eigenvalue weighted by molar-refractivity contribution is 5.77. The lowest BCUT2D eigenvalue weighted by Gasteiger charge is -2.39. The Hall–Kier alpha value is -0.730. The van der Waals surface area contributed by atoms with Crippen LogP contribution in [-0.2, 0) is 9.47 Å². The van der Waals surface area contributed by atoms with Gasteiger partial charge in [-0.25, -0.2) is 0 Å². The summed E-state index contributed by atoms with van der Waals surface area (Å²) in [5, 5.41) is 28.7. The standard InChI is InChI=1S/C9H18N2O5/c1-4(10)11-3-5-6(12)7(13)8(14)9(15-2)16-5/h5-9,12-14H,3H2,1-2H3,(H2,10,11)/t5?,6?,7-,8-,9+/m0/s1. The van der Waals surface area contributed by atoms with Gasteiger partial charge in [0.15, 0.2) is 6.29 Å². The molecular formula is C9H18N2O5. The Bertz CT molecular complexity index is 254. The van der Waals surface area contributed by atoms with Crippen molar-refractivity contribution in [1.29, 1.82) is 0 Å². The average Bonchev–Trinajstić information content (AvgIpc) is 2.25. The van der Waals surface area contributed by atoms with Gasteiger partial charge < -0.3 is 30.5 Å². The fraction of sp³-hybridized carbons (Fsp3) is 0.889. The summed E-state index contributed by atoms with van der Waals surface area (Å²) in [6.07, 6.45) is -5.54. The summed E-state index contributed by atoms with van der Waals surface area (Å²) in [6, 6.07) is 0. The van der Waals surface area contributed by atoms with Gasteiger partial charge in [0.25, 0.3) is 0 Å². The van der Waals surface area contributed by atoms with E-state index in [9.17, 15) is 15.3 Å². The first-order valence-corrected chi connectivity index (χ1v) is 4.96. The number of ether oxygens (including phenoxy) is 2. The smallest absolute Gasteiger partial charge is 0.186 e. The van der Waals surface area contributed by atoms with E-state index in [1.807, 2.05) is 0 Å². The van der Waals surface area contributed by atoms with E-state index in [1.54, 1.807) is 6.92 Å². The van der Waals surface area contributed by atoms with Crippen molar-refractivity contribution in [2.24, 2.45) is 10.7 Å².